The van der Waals surface area contributed by atoms with E-state index in [1.165, 1.54) is 0 Å². The van der Waals surface area contributed by atoms with Gasteiger partial charge in [-0.1, -0.05) is 30.3 Å². The van der Waals surface area contributed by atoms with Crippen molar-refractivity contribution in [2.24, 2.45) is 0 Å². The summed E-state index contributed by atoms with van der Waals surface area (Å²) in [6.07, 6.45) is 0. The Morgan fingerprint density at radius 3 is 2.38 bits per heavy atom. The molecule has 0 atom stereocenters. The lowest BCUT2D eigenvalue weighted by Gasteiger charge is -2.10. The first kappa shape index (κ1) is 15.8. The van der Waals surface area contributed by atoms with Gasteiger partial charge < -0.3 is 9.84 Å². The summed E-state index contributed by atoms with van der Waals surface area (Å²) < 4.78 is 7.13. The number of hydrogen-bond acceptors (Lipinski definition) is 3. The van der Waals surface area contributed by atoms with Gasteiger partial charge in [0.25, 0.3) is 0 Å². The van der Waals surface area contributed by atoms with E-state index in [0.29, 0.717) is 18.0 Å². The monoisotopic (exact) mass is 322 g/mol. The SMILES string of the molecule is CCOc1ccc(-n2nc(C)c(C(=O)O)c2-c2ccccc2)cc1. The number of carboxylic acids is 1. The Bertz CT molecular complexity index is 852. The second-order valence-electron chi connectivity index (χ2n) is 5.32. The largest absolute Gasteiger partial charge is 0.494 e. The van der Waals surface area contributed by atoms with Gasteiger partial charge in [-0.2, -0.15) is 5.10 Å². The molecule has 24 heavy (non-hydrogen) atoms. The lowest BCUT2D eigenvalue weighted by atomic mass is 10.1. The highest BCUT2D eigenvalue weighted by molar-refractivity contribution is 5.96. The fraction of sp³-hybridized carbons (Fsp3) is 0.158. The van der Waals surface area contributed by atoms with E-state index in [9.17, 15) is 9.90 Å². The lowest BCUT2D eigenvalue weighted by Crippen LogP contribution is -2.03. The molecule has 0 aliphatic carbocycles. The summed E-state index contributed by atoms with van der Waals surface area (Å²) in [4.78, 5) is 11.7. The van der Waals surface area contributed by atoms with Gasteiger partial charge in [0.1, 0.15) is 11.3 Å². The standard InChI is InChI=1S/C19H18N2O3/c1-3-24-16-11-9-15(10-12-16)21-18(14-7-5-4-6-8-14)17(19(22)23)13(2)20-21/h4-12H,3H2,1-2H3,(H,22,23). The second kappa shape index (κ2) is 6.58. The Hall–Kier alpha value is -3.08. The predicted molar refractivity (Wildman–Crippen MR) is 91.9 cm³/mol. The summed E-state index contributed by atoms with van der Waals surface area (Å²) in [5, 5.41) is 14.1. The van der Waals surface area contributed by atoms with Gasteiger partial charge in [-0.3, -0.25) is 0 Å². The summed E-state index contributed by atoms with van der Waals surface area (Å²) in [7, 11) is 0. The average Bonchev–Trinajstić information content (AvgIpc) is 2.94. The zero-order valence-electron chi connectivity index (χ0n) is 13.6. The fourth-order valence-corrected chi connectivity index (χ4v) is 2.68. The van der Waals surface area contributed by atoms with Crippen molar-refractivity contribution in [2.75, 3.05) is 6.61 Å². The maximum Gasteiger partial charge on any atom is 0.339 e. The summed E-state index contributed by atoms with van der Waals surface area (Å²) in [5.74, 6) is -0.214. The number of carboxylic acid groups (broad SMARTS) is 1. The highest BCUT2D eigenvalue weighted by Crippen LogP contribution is 2.29. The quantitative estimate of drug-likeness (QED) is 0.772. The Morgan fingerprint density at radius 1 is 1.12 bits per heavy atom. The van der Waals surface area contributed by atoms with Crippen LogP contribution >= 0.6 is 0 Å². The zero-order valence-corrected chi connectivity index (χ0v) is 13.6. The predicted octanol–water partition coefficient (Wildman–Crippen LogP) is 3.94. The van der Waals surface area contributed by atoms with E-state index in [4.69, 9.17) is 4.74 Å². The molecule has 0 saturated carbocycles. The van der Waals surface area contributed by atoms with Gasteiger partial charge in [0.15, 0.2) is 0 Å². The minimum Gasteiger partial charge on any atom is -0.494 e. The molecule has 5 heteroatoms. The molecule has 3 aromatic rings. The molecule has 0 radical (unpaired) electrons. The summed E-state index contributed by atoms with van der Waals surface area (Å²) in [6.45, 7) is 4.23. The Balaban J connectivity index is 2.17. The third kappa shape index (κ3) is 2.88. The van der Waals surface area contributed by atoms with Crippen molar-refractivity contribution in [3.05, 3.63) is 65.9 Å². The van der Waals surface area contributed by atoms with Crippen LogP contribution in [-0.4, -0.2) is 27.5 Å². The molecule has 0 aliphatic rings. The number of aryl methyl sites for hydroxylation is 1. The molecule has 122 valence electrons. The third-order valence-corrected chi connectivity index (χ3v) is 3.71. The van der Waals surface area contributed by atoms with Crippen LogP contribution in [0.1, 0.15) is 23.0 Å². The number of ether oxygens (including phenoxy) is 1. The second-order valence-corrected chi connectivity index (χ2v) is 5.32. The summed E-state index contributed by atoms with van der Waals surface area (Å²) in [5.41, 5.74) is 2.87. The van der Waals surface area contributed by atoms with Crippen molar-refractivity contribution in [2.45, 2.75) is 13.8 Å². The van der Waals surface area contributed by atoms with Gasteiger partial charge in [0, 0.05) is 5.56 Å². The maximum absolute atomic E-state index is 11.7. The summed E-state index contributed by atoms with van der Waals surface area (Å²) in [6, 6.07) is 16.9. The van der Waals surface area contributed by atoms with Gasteiger partial charge in [0.2, 0.25) is 0 Å². The number of hydrogen-bond donors (Lipinski definition) is 1. The van der Waals surface area contributed by atoms with Crippen LogP contribution in [0.2, 0.25) is 0 Å². The highest BCUT2D eigenvalue weighted by atomic mass is 16.5. The van der Waals surface area contributed by atoms with Crippen LogP contribution < -0.4 is 4.74 Å². The topological polar surface area (TPSA) is 64.4 Å². The number of carbonyl (C=O) groups is 1. The Kier molecular flexibility index (Phi) is 4.33. The van der Waals surface area contributed by atoms with Crippen molar-refractivity contribution in [3.8, 4) is 22.7 Å². The van der Waals surface area contributed by atoms with Crippen LogP contribution in [0.15, 0.2) is 54.6 Å². The molecular weight excluding hydrogens is 304 g/mol. The molecule has 1 heterocycles. The van der Waals surface area contributed by atoms with Gasteiger partial charge in [0.05, 0.1) is 23.7 Å². The molecule has 0 amide bonds. The minimum absolute atomic E-state index is 0.218. The first-order chi connectivity index (χ1) is 11.6. The van der Waals surface area contributed by atoms with Crippen LogP contribution in [-0.2, 0) is 0 Å². The van der Waals surface area contributed by atoms with E-state index in [-0.39, 0.29) is 5.56 Å². The molecule has 0 bridgehead atoms. The molecule has 1 N–H and O–H groups in total. The van der Waals surface area contributed by atoms with Crippen molar-refractivity contribution in [1.82, 2.24) is 9.78 Å². The number of benzene rings is 2. The normalized spacial score (nSPS) is 10.6. The smallest absolute Gasteiger partial charge is 0.339 e. The molecule has 0 fully saturated rings. The van der Waals surface area contributed by atoms with Gasteiger partial charge >= 0.3 is 5.97 Å². The third-order valence-electron chi connectivity index (χ3n) is 3.71. The lowest BCUT2D eigenvalue weighted by molar-refractivity contribution is 0.0697. The van der Waals surface area contributed by atoms with Gasteiger partial charge in [-0.25, -0.2) is 9.48 Å². The number of aromatic nitrogens is 2. The molecule has 1 aromatic heterocycles. The maximum atomic E-state index is 11.7. The number of rotatable bonds is 5. The van der Waals surface area contributed by atoms with Crippen molar-refractivity contribution < 1.29 is 14.6 Å². The molecule has 0 spiro atoms. The van der Waals surface area contributed by atoms with Crippen LogP contribution in [0.4, 0.5) is 0 Å². The molecule has 3 rings (SSSR count). The minimum atomic E-state index is -0.983. The van der Waals surface area contributed by atoms with E-state index in [1.807, 2.05) is 61.5 Å². The van der Waals surface area contributed by atoms with Crippen LogP contribution in [0.3, 0.4) is 0 Å². The zero-order chi connectivity index (χ0) is 17.1. The Morgan fingerprint density at radius 2 is 1.79 bits per heavy atom. The molecule has 0 unspecified atom stereocenters. The number of nitrogens with zero attached hydrogens (tertiary/aromatic N) is 2. The molecule has 0 saturated heterocycles. The van der Waals surface area contributed by atoms with E-state index >= 15 is 0 Å². The summed E-state index contributed by atoms with van der Waals surface area (Å²) >= 11 is 0. The van der Waals surface area contributed by atoms with Crippen LogP contribution in [0.5, 0.6) is 5.75 Å². The van der Waals surface area contributed by atoms with Crippen molar-refractivity contribution in [1.29, 1.82) is 0 Å². The molecule has 5 nitrogen and oxygen atoms in total. The van der Waals surface area contributed by atoms with E-state index < -0.39 is 5.97 Å². The molecular formula is C19H18N2O3. The van der Waals surface area contributed by atoms with Crippen LogP contribution in [0, 0.1) is 6.92 Å². The first-order valence-electron chi connectivity index (χ1n) is 7.73. The fourth-order valence-electron chi connectivity index (χ4n) is 2.68. The van der Waals surface area contributed by atoms with E-state index in [2.05, 4.69) is 5.10 Å². The number of aromatic carboxylic acids is 1. The van der Waals surface area contributed by atoms with Gasteiger partial charge in [-0.05, 0) is 38.1 Å². The Labute approximate surface area is 140 Å². The van der Waals surface area contributed by atoms with E-state index in [0.717, 1.165) is 17.0 Å². The van der Waals surface area contributed by atoms with Gasteiger partial charge in [-0.15, -0.1) is 0 Å². The van der Waals surface area contributed by atoms with E-state index in [1.54, 1.807) is 11.6 Å². The van der Waals surface area contributed by atoms with Crippen LogP contribution in [0.25, 0.3) is 16.9 Å². The highest BCUT2D eigenvalue weighted by Gasteiger charge is 2.23. The molecule has 0 aliphatic heterocycles. The van der Waals surface area contributed by atoms with Crippen molar-refractivity contribution >= 4 is 5.97 Å². The van der Waals surface area contributed by atoms with Crippen molar-refractivity contribution in [3.63, 3.8) is 0 Å². The first-order valence-corrected chi connectivity index (χ1v) is 7.73. The molecule has 2 aromatic carbocycles. The average molecular weight is 322 g/mol.